The molecular formula is C16H22N2O3. The third-order valence-electron chi connectivity index (χ3n) is 3.53. The van der Waals surface area contributed by atoms with E-state index in [1.54, 1.807) is 19.1 Å². The second-order valence-corrected chi connectivity index (χ2v) is 5.28. The lowest BCUT2D eigenvalue weighted by molar-refractivity contribution is -0.137. The summed E-state index contributed by atoms with van der Waals surface area (Å²) in [7, 11) is 0. The quantitative estimate of drug-likeness (QED) is 0.895. The number of nitrogens with zero attached hydrogens (tertiary/aromatic N) is 1. The zero-order chi connectivity index (χ0) is 15.1. The maximum Gasteiger partial charge on any atom is 0.258 e. The molecule has 1 heterocycles. The summed E-state index contributed by atoms with van der Waals surface area (Å²) < 4.78 is 5.36. The molecule has 1 N–H and O–H groups in total. The van der Waals surface area contributed by atoms with Crippen molar-refractivity contribution in [2.24, 2.45) is 0 Å². The van der Waals surface area contributed by atoms with Gasteiger partial charge in [-0.3, -0.25) is 9.59 Å². The Morgan fingerprint density at radius 1 is 1.19 bits per heavy atom. The van der Waals surface area contributed by atoms with Gasteiger partial charge in [0.1, 0.15) is 11.8 Å². The van der Waals surface area contributed by atoms with Gasteiger partial charge in [0.25, 0.3) is 5.91 Å². The molecule has 0 aromatic heterocycles. The lowest BCUT2D eigenvalue weighted by Gasteiger charge is -2.29. The van der Waals surface area contributed by atoms with Crippen molar-refractivity contribution in [3.63, 3.8) is 0 Å². The van der Waals surface area contributed by atoms with Crippen LogP contribution in [0.2, 0.25) is 0 Å². The predicted octanol–water partition coefficient (Wildman–Crippen LogP) is 1.58. The van der Waals surface area contributed by atoms with Crippen LogP contribution in [-0.4, -0.2) is 42.5 Å². The van der Waals surface area contributed by atoms with Crippen molar-refractivity contribution in [2.45, 2.75) is 32.2 Å². The fraction of sp³-hybridized carbons (Fsp3) is 0.500. The number of nitrogens with one attached hydrogen (secondary N) is 1. The minimum absolute atomic E-state index is 0.0113. The molecule has 2 amide bonds. The van der Waals surface area contributed by atoms with Gasteiger partial charge in [0, 0.05) is 13.1 Å². The highest BCUT2D eigenvalue weighted by molar-refractivity contribution is 5.87. The maximum atomic E-state index is 12.2. The molecule has 21 heavy (non-hydrogen) atoms. The van der Waals surface area contributed by atoms with Crippen molar-refractivity contribution in [3.8, 4) is 5.75 Å². The smallest absolute Gasteiger partial charge is 0.258 e. The van der Waals surface area contributed by atoms with Gasteiger partial charge in [-0.25, -0.2) is 0 Å². The molecule has 1 saturated heterocycles. The minimum atomic E-state index is -0.505. The molecule has 1 aromatic rings. The van der Waals surface area contributed by atoms with Gasteiger partial charge in [-0.15, -0.1) is 0 Å². The Kier molecular flexibility index (Phi) is 5.60. The number of hydrogen-bond donors (Lipinski definition) is 1. The van der Waals surface area contributed by atoms with Gasteiger partial charge in [0.05, 0.1) is 0 Å². The van der Waals surface area contributed by atoms with E-state index in [0.29, 0.717) is 5.75 Å². The van der Waals surface area contributed by atoms with Gasteiger partial charge >= 0.3 is 0 Å². The monoisotopic (exact) mass is 290 g/mol. The summed E-state index contributed by atoms with van der Waals surface area (Å²) >= 11 is 0. The Labute approximate surface area is 125 Å². The van der Waals surface area contributed by atoms with Gasteiger partial charge in [-0.05, 0) is 38.3 Å². The number of amides is 2. The number of ether oxygens (including phenoxy) is 1. The molecule has 0 radical (unpaired) electrons. The van der Waals surface area contributed by atoms with E-state index in [1.165, 1.54) is 6.42 Å². The lowest BCUT2D eigenvalue weighted by atomic mass is 10.1. The Morgan fingerprint density at radius 2 is 1.86 bits per heavy atom. The van der Waals surface area contributed by atoms with E-state index in [9.17, 15) is 9.59 Å². The number of hydrogen-bond acceptors (Lipinski definition) is 3. The predicted molar refractivity (Wildman–Crippen MR) is 80.0 cm³/mol. The second kappa shape index (κ2) is 7.67. The molecule has 114 valence electrons. The fourth-order valence-corrected chi connectivity index (χ4v) is 2.40. The van der Waals surface area contributed by atoms with Crippen molar-refractivity contribution >= 4 is 11.8 Å². The highest BCUT2D eigenvalue weighted by Crippen LogP contribution is 2.10. The van der Waals surface area contributed by atoms with E-state index < -0.39 is 6.04 Å². The summed E-state index contributed by atoms with van der Waals surface area (Å²) in [6, 6.07) is 8.64. The summed E-state index contributed by atoms with van der Waals surface area (Å²) in [6.07, 6.45) is 3.27. The Balaban J connectivity index is 1.74. The first-order valence-corrected chi connectivity index (χ1v) is 7.43. The van der Waals surface area contributed by atoms with E-state index >= 15 is 0 Å². The number of para-hydroxylation sites is 1. The number of carbonyl (C=O) groups excluding carboxylic acids is 2. The average Bonchev–Trinajstić information content (AvgIpc) is 2.54. The SMILES string of the molecule is C[C@H](NC(=O)COc1ccccc1)C(=O)N1CCCCC1. The molecule has 1 aromatic carbocycles. The molecule has 5 heteroatoms. The average molecular weight is 290 g/mol. The number of benzene rings is 1. The van der Waals surface area contributed by atoms with Crippen LogP contribution < -0.4 is 10.1 Å². The van der Waals surface area contributed by atoms with Gasteiger partial charge in [-0.2, -0.15) is 0 Å². The Hall–Kier alpha value is -2.04. The molecule has 1 fully saturated rings. The number of likely N-dealkylation sites (tertiary alicyclic amines) is 1. The van der Waals surface area contributed by atoms with Crippen LogP contribution in [0.4, 0.5) is 0 Å². The fourth-order valence-electron chi connectivity index (χ4n) is 2.40. The maximum absolute atomic E-state index is 12.2. The van der Waals surface area contributed by atoms with Crippen molar-refractivity contribution in [2.75, 3.05) is 19.7 Å². The highest BCUT2D eigenvalue weighted by atomic mass is 16.5. The van der Waals surface area contributed by atoms with Crippen LogP contribution in [0.1, 0.15) is 26.2 Å². The molecule has 1 aliphatic heterocycles. The molecule has 1 aliphatic rings. The van der Waals surface area contributed by atoms with E-state index in [1.807, 2.05) is 23.1 Å². The molecule has 0 saturated carbocycles. The molecule has 0 unspecified atom stereocenters. The van der Waals surface area contributed by atoms with E-state index in [-0.39, 0.29) is 18.4 Å². The first-order valence-electron chi connectivity index (χ1n) is 7.43. The highest BCUT2D eigenvalue weighted by Gasteiger charge is 2.23. The first-order chi connectivity index (χ1) is 10.2. The first kappa shape index (κ1) is 15.4. The molecule has 0 bridgehead atoms. The third-order valence-corrected chi connectivity index (χ3v) is 3.53. The van der Waals surface area contributed by atoms with Crippen LogP contribution in [0.15, 0.2) is 30.3 Å². The summed E-state index contributed by atoms with van der Waals surface area (Å²) in [5, 5.41) is 2.69. The molecule has 0 aliphatic carbocycles. The lowest BCUT2D eigenvalue weighted by Crippen LogP contribution is -2.49. The minimum Gasteiger partial charge on any atom is -0.484 e. The van der Waals surface area contributed by atoms with Crippen molar-refractivity contribution in [3.05, 3.63) is 30.3 Å². The van der Waals surface area contributed by atoms with Crippen molar-refractivity contribution < 1.29 is 14.3 Å². The second-order valence-electron chi connectivity index (χ2n) is 5.28. The van der Waals surface area contributed by atoms with Crippen LogP contribution in [0.5, 0.6) is 5.75 Å². The standard InChI is InChI=1S/C16H22N2O3/c1-13(16(20)18-10-6-3-7-11-18)17-15(19)12-21-14-8-4-2-5-9-14/h2,4-5,8-9,13H,3,6-7,10-12H2,1H3,(H,17,19)/t13-/m0/s1. The van der Waals surface area contributed by atoms with Crippen LogP contribution in [0.3, 0.4) is 0 Å². The number of carbonyl (C=O) groups is 2. The largest absolute Gasteiger partial charge is 0.484 e. The van der Waals surface area contributed by atoms with E-state index in [0.717, 1.165) is 25.9 Å². The zero-order valence-electron chi connectivity index (χ0n) is 12.4. The normalized spacial score (nSPS) is 16.1. The molecule has 1 atom stereocenters. The Bertz CT molecular complexity index is 470. The van der Waals surface area contributed by atoms with Gasteiger partial charge in [0.2, 0.25) is 5.91 Å². The molecule has 5 nitrogen and oxygen atoms in total. The molecule has 2 rings (SSSR count). The van der Waals surface area contributed by atoms with Crippen LogP contribution in [0.25, 0.3) is 0 Å². The number of rotatable bonds is 5. The summed E-state index contributed by atoms with van der Waals surface area (Å²) in [6.45, 7) is 3.22. The van der Waals surface area contributed by atoms with E-state index in [4.69, 9.17) is 4.74 Å². The van der Waals surface area contributed by atoms with Gasteiger partial charge < -0.3 is 15.0 Å². The summed E-state index contributed by atoms with van der Waals surface area (Å²) in [4.78, 5) is 25.8. The van der Waals surface area contributed by atoms with Gasteiger partial charge in [-0.1, -0.05) is 18.2 Å². The van der Waals surface area contributed by atoms with Crippen LogP contribution in [0, 0.1) is 0 Å². The van der Waals surface area contributed by atoms with Crippen LogP contribution in [-0.2, 0) is 9.59 Å². The Morgan fingerprint density at radius 3 is 2.52 bits per heavy atom. The summed E-state index contributed by atoms with van der Waals surface area (Å²) in [5.41, 5.74) is 0. The molecular weight excluding hydrogens is 268 g/mol. The molecule has 0 spiro atoms. The topological polar surface area (TPSA) is 58.6 Å². The van der Waals surface area contributed by atoms with Gasteiger partial charge in [0.15, 0.2) is 6.61 Å². The number of piperidine rings is 1. The van der Waals surface area contributed by atoms with Crippen LogP contribution >= 0.6 is 0 Å². The van der Waals surface area contributed by atoms with Crippen molar-refractivity contribution in [1.82, 2.24) is 10.2 Å². The summed E-state index contributed by atoms with van der Waals surface area (Å²) in [5.74, 6) is 0.349. The third kappa shape index (κ3) is 4.77. The zero-order valence-corrected chi connectivity index (χ0v) is 12.4. The van der Waals surface area contributed by atoms with E-state index in [2.05, 4.69) is 5.32 Å². The van der Waals surface area contributed by atoms with Crippen molar-refractivity contribution in [1.29, 1.82) is 0 Å².